The summed E-state index contributed by atoms with van der Waals surface area (Å²) in [4.78, 5) is 10.1. The number of nitrogens with two attached hydrogens (primary N) is 1. The third-order valence-corrected chi connectivity index (χ3v) is 4.10. The van der Waals surface area contributed by atoms with E-state index in [9.17, 15) is 0 Å². The molecule has 2 N–H and O–H groups in total. The van der Waals surface area contributed by atoms with Crippen LogP contribution in [0, 0.1) is 0 Å². The summed E-state index contributed by atoms with van der Waals surface area (Å²) in [5, 5.41) is 0.652. The fraction of sp³-hybridized carbons (Fsp3) is 0.769. The molecule has 1 aromatic rings. The first-order valence-corrected chi connectivity index (χ1v) is 7.61. The molecule has 0 radical (unpaired) electrons. The number of thiazole rings is 1. The maximum absolute atomic E-state index is 5.75. The van der Waals surface area contributed by atoms with Crippen LogP contribution in [0.25, 0.3) is 0 Å². The molecule has 116 valence electrons. The molecule has 1 aliphatic heterocycles. The Labute approximate surface area is 131 Å². The summed E-state index contributed by atoms with van der Waals surface area (Å²) in [6.45, 7) is 9.42. The maximum Gasteiger partial charge on any atom is 0.180 e. The van der Waals surface area contributed by atoms with Crippen LogP contribution < -0.4 is 5.73 Å². The lowest BCUT2D eigenvalue weighted by Gasteiger charge is -2.36. The molecule has 2 rings (SSSR count). The lowest BCUT2D eigenvalue weighted by atomic mass is 10.2. The zero-order valence-corrected chi connectivity index (χ0v) is 14.0. The summed E-state index contributed by atoms with van der Waals surface area (Å²) < 4.78 is 5.75. The molecule has 0 saturated carbocycles. The summed E-state index contributed by atoms with van der Waals surface area (Å²) in [5.74, 6) is 0. The molecule has 0 aliphatic carbocycles. The van der Waals surface area contributed by atoms with Crippen molar-refractivity contribution in [1.29, 1.82) is 0 Å². The number of morpholine rings is 1. The molecule has 1 aromatic heterocycles. The summed E-state index contributed by atoms with van der Waals surface area (Å²) in [6, 6.07) is 0. The second-order valence-electron chi connectivity index (χ2n) is 5.42. The molecular formula is C13H25ClN4OS. The van der Waals surface area contributed by atoms with Gasteiger partial charge in [-0.05, 0) is 20.9 Å². The number of hydrogen-bond donors (Lipinski definition) is 1. The van der Waals surface area contributed by atoms with Gasteiger partial charge in [-0.25, -0.2) is 4.98 Å². The average molecular weight is 321 g/mol. The molecule has 0 bridgehead atoms. The van der Waals surface area contributed by atoms with Gasteiger partial charge in [0.05, 0.1) is 12.2 Å². The van der Waals surface area contributed by atoms with E-state index in [2.05, 4.69) is 35.7 Å². The van der Waals surface area contributed by atoms with E-state index in [1.165, 1.54) is 4.88 Å². The molecule has 7 heteroatoms. The van der Waals surface area contributed by atoms with E-state index in [0.29, 0.717) is 17.3 Å². The second-order valence-corrected chi connectivity index (χ2v) is 6.57. The van der Waals surface area contributed by atoms with Gasteiger partial charge in [0.2, 0.25) is 0 Å². The average Bonchev–Trinajstić information content (AvgIpc) is 2.71. The monoisotopic (exact) mass is 320 g/mol. The molecule has 5 nitrogen and oxygen atoms in total. The van der Waals surface area contributed by atoms with Crippen LogP contribution in [0.2, 0.25) is 0 Å². The van der Waals surface area contributed by atoms with E-state index >= 15 is 0 Å². The minimum absolute atomic E-state index is 0. The Morgan fingerprint density at radius 1 is 1.45 bits per heavy atom. The lowest BCUT2D eigenvalue weighted by Crippen LogP contribution is -2.47. The molecule has 0 unspecified atom stereocenters. The first-order chi connectivity index (χ1) is 9.02. The van der Waals surface area contributed by atoms with Crippen molar-refractivity contribution in [2.75, 3.05) is 39.0 Å². The third-order valence-electron chi connectivity index (χ3n) is 3.29. The SMILES string of the molecule is C[C@@H]1CN(CCN(C)Cc2cnc(N)s2)C[C@H](C)O1.Cl. The maximum atomic E-state index is 5.75. The number of hydrogen-bond acceptors (Lipinski definition) is 6. The minimum Gasteiger partial charge on any atom is -0.375 e. The predicted octanol–water partition coefficient (Wildman–Crippen LogP) is 1.69. The summed E-state index contributed by atoms with van der Waals surface area (Å²) >= 11 is 1.57. The van der Waals surface area contributed by atoms with Crippen LogP contribution >= 0.6 is 23.7 Å². The van der Waals surface area contributed by atoms with Crippen molar-refractivity contribution < 1.29 is 4.74 Å². The number of ether oxygens (including phenoxy) is 1. The molecule has 1 saturated heterocycles. The number of nitrogen functional groups attached to an aromatic ring is 1. The van der Waals surface area contributed by atoms with E-state index in [4.69, 9.17) is 10.5 Å². The molecule has 0 amide bonds. The van der Waals surface area contributed by atoms with Crippen LogP contribution in [0.15, 0.2) is 6.20 Å². The first-order valence-electron chi connectivity index (χ1n) is 6.79. The van der Waals surface area contributed by atoms with Gasteiger partial charge in [-0.15, -0.1) is 23.7 Å². The van der Waals surface area contributed by atoms with Crippen molar-refractivity contribution in [3.05, 3.63) is 11.1 Å². The summed E-state index contributed by atoms with van der Waals surface area (Å²) in [5.41, 5.74) is 5.64. The molecule has 2 atom stereocenters. The van der Waals surface area contributed by atoms with Gasteiger partial charge >= 0.3 is 0 Å². The Balaban J connectivity index is 0.00000200. The molecule has 1 aliphatic rings. The van der Waals surface area contributed by atoms with Gasteiger partial charge in [-0.1, -0.05) is 0 Å². The number of rotatable bonds is 5. The van der Waals surface area contributed by atoms with E-state index in [0.717, 1.165) is 32.7 Å². The van der Waals surface area contributed by atoms with E-state index in [-0.39, 0.29) is 12.4 Å². The molecular weight excluding hydrogens is 296 g/mol. The highest BCUT2D eigenvalue weighted by Crippen LogP contribution is 2.16. The Bertz CT molecular complexity index is 393. The number of likely N-dealkylation sites (N-methyl/N-ethyl adjacent to an activating group) is 1. The van der Waals surface area contributed by atoms with Crippen LogP contribution in [-0.4, -0.2) is 60.2 Å². The van der Waals surface area contributed by atoms with Crippen LogP contribution in [0.4, 0.5) is 5.13 Å². The highest BCUT2D eigenvalue weighted by atomic mass is 35.5. The van der Waals surface area contributed by atoms with Crippen molar-refractivity contribution >= 4 is 28.9 Å². The Hall–Kier alpha value is -0.400. The summed E-state index contributed by atoms with van der Waals surface area (Å²) in [7, 11) is 2.14. The van der Waals surface area contributed by atoms with Crippen molar-refractivity contribution in [3.8, 4) is 0 Å². The smallest absolute Gasteiger partial charge is 0.180 e. The first kappa shape index (κ1) is 17.7. The molecule has 0 aromatic carbocycles. The number of anilines is 1. The molecule has 0 spiro atoms. The molecule has 20 heavy (non-hydrogen) atoms. The predicted molar refractivity (Wildman–Crippen MR) is 86.6 cm³/mol. The third kappa shape index (κ3) is 5.54. The summed E-state index contributed by atoms with van der Waals surface area (Å²) in [6.07, 6.45) is 2.56. The Morgan fingerprint density at radius 2 is 2.10 bits per heavy atom. The van der Waals surface area contributed by atoms with Gasteiger partial charge in [0.25, 0.3) is 0 Å². The standard InChI is InChI=1S/C13H24N4OS.ClH/c1-10-7-17(8-11(2)18-10)5-4-16(3)9-12-6-15-13(14)19-12;/h6,10-11H,4-5,7-9H2,1-3H3,(H2,14,15);1H/t10-,11+;. The van der Waals surface area contributed by atoms with Crippen molar-refractivity contribution in [3.63, 3.8) is 0 Å². The zero-order valence-electron chi connectivity index (χ0n) is 12.4. The quantitative estimate of drug-likeness (QED) is 0.894. The Kier molecular flexibility index (Phi) is 7.19. The van der Waals surface area contributed by atoms with Gasteiger partial charge in [0, 0.05) is 43.8 Å². The number of aromatic nitrogens is 1. The Morgan fingerprint density at radius 3 is 2.65 bits per heavy atom. The normalized spacial score (nSPS) is 23.8. The highest BCUT2D eigenvalue weighted by Gasteiger charge is 2.21. The van der Waals surface area contributed by atoms with Crippen LogP contribution in [0.1, 0.15) is 18.7 Å². The van der Waals surface area contributed by atoms with Gasteiger partial charge in [-0.2, -0.15) is 0 Å². The highest BCUT2D eigenvalue weighted by molar-refractivity contribution is 7.15. The van der Waals surface area contributed by atoms with E-state index < -0.39 is 0 Å². The fourth-order valence-corrected chi connectivity index (χ4v) is 3.28. The minimum atomic E-state index is 0. The van der Waals surface area contributed by atoms with Crippen molar-refractivity contribution in [2.24, 2.45) is 0 Å². The van der Waals surface area contributed by atoms with Gasteiger partial charge in [-0.3, -0.25) is 9.80 Å². The van der Waals surface area contributed by atoms with Crippen molar-refractivity contribution in [1.82, 2.24) is 14.8 Å². The number of halogens is 1. The topological polar surface area (TPSA) is 54.6 Å². The van der Waals surface area contributed by atoms with Crippen LogP contribution in [0.3, 0.4) is 0 Å². The van der Waals surface area contributed by atoms with Crippen LogP contribution in [0.5, 0.6) is 0 Å². The van der Waals surface area contributed by atoms with Crippen molar-refractivity contribution in [2.45, 2.75) is 32.6 Å². The van der Waals surface area contributed by atoms with Crippen LogP contribution in [-0.2, 0) is 11.3 Å². The fourth-order valence-electron chi connectivity index (χ4n) is 2.52. The molecule has 2 heterocycles. The number of nitrogens with zero attached hydrogens (tertiary/aromatic N) is 3. The van der Waals surface area contributed by atoms with E-state index in [1.807, 2.05) is 6.20 Å². The second kappa shape index (κ2) is 8.14. The zero-order chi connectivity index (χ0) is 13.8. The largest absolute Gasteiger partial charge is 0.375 e. The molecule has 1 fully saturated rings. The van der Waals surface area contributed by atoms with E-state index in [1.54, 1.807) is 11.3 Å². The van der Waals surface area contributed by atoms with Gasteiger partial charge in [0.15, 0.2) is 5.13 Å². The van der Waals surface area contributed by atoms with Gasteiger partial charge in [0.1, 0.15) is 0 Å². The lowest BCUT2D eigenvalue weighted by molar-refractivity contribution is -0.0691. The van der Waals surface area contributed by atoms with Gasteiger partial charge < -0.3 is 10.5 Å².